The summed E-state index contributed by atoms with van der Waals surface area (Å²) < 4.78 is 28.5. The molecule has 1 heterocycles. The summed E-state index contributed by atoms with van der Waals surface area (Å²) in [5.74, 6) is -0.111. The molecule has 0 atom stereocenters. The van der Waals surface area contributed by atoms with E-state index >= 15 is 0 Å². The van der Waals surface area contributed by atoms with Crippen LogP contribution in [0.1, 0.15) is 40.7 Å². The van der Waals surface area contributed by atoms with E-state index in [-0.39, 0.29) is 5.15 Å². The zero-order valence-electron chi connectivity index (χ0n) is 21.7. The third-order valence-electron chi connectivity index (χ3n) is 5.91. The Labute approximate surface area is 244 Å². The van der Waals surface area contributed by atoms with Gasteiger partial charge >= 0.3 is 0 Å². The van der Waals surface area contributed by atoms with Gasteiger partial charge in [0.15, 0.2) is 5.15 Å². The van der Waals surface area contributed by atoms with Crippen molar-refractivity contribution in [2.24, 2.45) is 0 Å². The van der Waals surface area contributed by atoms with Gasteiger partial charge in [0.25, 0.3) is 15.9 Å². The second-order valence-corrected chi connectivity index (χ2v) is 11.1. The van der Waals surface area contributed by atoms with E-state index in [0.29, 0.717) is 35.1 Å². The van der Waals surface area contributed by atoms with E-state index in [2.05, 4.69) is 4.98 Å². The van der Waals surface area contributed by atoms with Gasteiger partial charge in [0.05, 0.1) is 17.6 Å². The molecule has 204 valence electrons. The van der Waals surface area contributed by atoms with Crippen molar-refractivity contribution in [1.29, 1.82) is 0 Å². The summed E-state index contributed by atoms with van der Waals surface area (Å²) in [6.45, 7) is 2.31. The van der Waals surface area contributed by atoms with Gasteiger partial charge in [-0.3, -0.25) is 4.79 Å². The van der Waals surface area contributed by atoms with Gasteiger partial charge in [-0.15, -0.1) is 0 Å². The van der Waals surface area contributed by atoms with Crippen LogP contribution in [0.4, 0.5) is 0 Å². The molecule has 1 N–H and O–H groups in total. The minimum atomic E-state index is -3.99. The number of aryl methyl sites for hydroxylation is 1. The lowest BCUT2D eigenvalue weighted by atomic mass is 10.1. The van der Waals surface area contributed by atoms with Gasteiger partial charge in [-0.2, -0.15) is 0 Å². The quantitative estimate of drug-likeness (QED) is 0.157. The van der Waals surface area contributed by atoms with Gasteiger partial charge in [0.1, 0.15) is 5.82 Å². The largest absolute Gasteiger partial charge is 0.323 e. The van der Waals surface area contributed by atoms with E-state index in [4.69, 9.17) is 23.2 Å². The van der Waals surface area contributed by atoms with Gasteiger partial charge < -0.3 is 4.57 Å². The number of nitrogens with zero attached hydrogens (tertiary/aromatic N) is 2. The smallest absolute Gasteiger partial charge is 0.257 e. The number of hydrogen-bond donors (Lipinski definition) is 1. The van der Waals surface area contributed by atoms with E-state index in [1.54, 1.807) is 24.3 Å². The molecule has 0 bridgehead atoms. The molecular weight excluding hydrogens is 565 g/mol. The molecule has 1 amide bonds. The highest BCUT2D eigenvalue weighted by Gasteiger charge is 2.16. The summed E-state index contributed by atoms with van der Waals surface area (Å²) in [6.07, 6.45) is 8.57. The Morgan fingerprint density at radius 2 is 1.50 bits per heavy atom. The Hall–Kier alpha value is -3.91. The summed E-state index contributed by atoms with van der Waals surface area (Å²) in [7, 11) is -3.99. The van der Waals surface area contributed by atoms with Crippen LogP contribution >= 0.6 is 23.2 Å². The Morgan fingerprint density at radius 1 is 0.875 bits per heavy atom. The SMILES string of the molecule is CCc1nc(Cl)c(/C=C/C(=O)NS(=O)(=O)/C=C/c2ccccc2)n1Cc1ccc(/C=C/c2ccccc2)cc1Cl. The molecule has 0 radical (unpaired) electrons. The molecule has 40 heavy (non-hydrogen) atoms. The molecule has 9 heteroatoms. The van der Waals surface area contributed by atoms with Crippen molar-refractivity contribution in [2.45, 2.75) is 19.9 Å². The Bertz CT molecular complexity index is 1680. The molecule has 0 saturated heterocycles. The van der Waals surface area contributed by atoms with Crippen LogP contribution in [0.15, 0.2) is 90.3 Å². The standard InChI is InChI=1S/C31H27Cl2N3O3S/c1-2-29-34-31(33)28(17-18-30(37)35-40(38,39)20-19-24-11-7-4-8-12-24)36(29)22-26-16-15-25(21-27(26)32)14-13-23-9-5-3-6-10-23/h3-21H,2,22H2,1H3,(H,35,37)/b14-13+,18-17+,20-19+. The number of benzene rings is 3. The number of aromatic nitrogens is 2. The van der Waals surface area contributed by atoms with Gasteiger partial charge in [-0.1, -0.05) is 115 Å². The molecule has 6 nitrogen and oxygen atoms in total. The number of sulfonamides is 1. The average molecular weight is 593 g/mol. The number of rotatable bonds is 10. The number of nitrogens with one attached hydrogen (secondary N) is 1. The van der Waals surface area contributed by atoms with E-state index < -0.39 is 15.9 Å². The van der Waals surface area contributed by atoms with E-state index in [1.165, 1.54) is 12.2 Å². The van der Waals surface area contributed by atoms with Gasteiger partial charge in [0, 0.05) is 17.5 Å². The van der Waals surface area contributed by atoms with E-state index in [1.807, 2.05) is 83.0 Å². The highest BCUT2D eigenvalue weighted by molar-refractivity contribution is 7.93. The van der Waals surface area contributed by atoms with Crippen LogP contribution in [0.25, 0.3) is 24.3 Å². The van der Waals surface area contributed by atoms with Crippen LogP contribution in [0.5, 0.6) is 0 Å². The molecule has 0 unspecified atom stereocenters. The first-order valence-corrected chi connectivity index (χ1v) is 14.8. The van der Waals surface area contributed by atoms with Gasteiger partial charge in [-0.05, 0) is 40.5 Å². The van der Waals surface area contributed by atoms with Crippen molar-refractivity contribution in [3.8, 4) is 0 Å². The Balaban J connectivity index is 1.50. The van der Waals surface area contributed by atoms with E-state index in [9.17, 15) is 13.2 Å². The first-order chi connectivity index (χ1) is 19.2. The van der Waals surface area contributed by atoms with Crippen molar-refractivity contribution in [3.63, 3.8) is 0 Å². The minimum Gasteiger partial charge on any atom is -0.323 e. The number of halogens is 2. The molecule has 4 rings (SSSR count). The average Bonchev–Trinajstić information content (AvgIpc) is 3.25. The third kappa shape index (κ3) is 8.05. The first kappa shape index (κ1) is 29.1. The lowest BCUT2D eigenvalue weighted by Gasteiger charge is -2.12. The normalized spacial score (nSPS) is 12.1. The molecule has 0 aliphatic rings. The second-order valence-electron chi connectivity index (χ2n) is 8.80. The summed E-state index contributed by atoms with van der Waals surface area (Å²) in [5, 5.41) is 1.72. The van der Waals surface area contributed by atoms with Crippen LogP contribution in [0.2, 0.25) is 10.2 Å². The van der Waals surface area contributed by atoms with Crippen LogP contribution < -0.4 is 4.72 Å². The summed E-state index contributed by atoms with van der Waals surface area (Å²) in [4.78, 5) is 16.9. The summed E-state index contributed by atoms with van der Waals surface area (Å²) >= 11 is 13.0. The predicted octanol–water partition coefficient (Wildman–Crippen LogP) is 7.10. The molecular formula is C31H27Cl2N3O3S. The van der Waals surface area contributed by atoms with Crippen molar-refractivity contribution in [3.05, 3.63) is 134 Å². The Morgan fingerprint density at radius 3 is 2.12 bits per heavy atom. The van der Waals surface area contributed by atoms with Crippen molar-refractivity contribution in [2.75, 3.05) is 0 Å². The van der Waals surface area contributed by atoms with Crippen molar-refractivity contribution >= 4 is 63.4 Å². The van der Waals surface area contributed by atoms with Crippen LogP contribution in [0, 0.1) is 0 Å². The molecule has 1 aromatic heterocycles. The fraction of sp³-hybridized carbons (Fsp3) is 0.0968. The zero-order chi connectivity index (χ0) is 28.5. The summed E-state index contributed by atoms with van der Waals surface area (Å²) in [6, 6.07) is 24.7. The lowest BCUT2D eigenvalue weighted by molar-refractivity contribution is -0.114. The van der Waals surface area contributed by atoms with Crippen LogP contribution in [-0.2, 0) is 27.8 Å². The number of imidazole rings is 1. The topological polar surface area (TPSA) is 81.1 Å². The fourth-order valence-electron chi connectivity index (χ4n) is 3.90. The third-order valence-corrected chi connectivity index (χ3v) is 7.52. The minimum absolute atomic E-state index is 0.200. The number of carbonyl (C=O) groups excluding carboxylic acids is 1. The maximum atomic E-state index is 12.4. The Kier molecular flexibility index (Phi) is 9.77. The van der Waals surface area contributed by atoms with Crippen molar-refractivity contribution in [1.82, 2.24) is 14.3 Å². The molecule has 4 aromatic rings. The predicted molar refractivity (Wildman–Crippen MR) is 164 cm³/mol. The fourth-order valence-corrected chi connectivity index (χ4v) is 5.17. The lowest BCUT2D eigenvalue weighted by Crippen LogP contribution is -2.26. The number of amides is 1. The first-order valence-electron chi connectivity index (χ1n) is 12.5. The second kappa shape index (κ2) is 13.4. The number of carbonyl (C=O) groups is 1. The molecule has 0 aliphatic carbocycles. The van der Waals surface area contributed by atoms with Crippen molar-refractivity contribution < 1.29 is 13.2 Å². The molecule has 0 spiro atoms. The summed E-state index contributed by atoms with van der Waals surface area (Å²) in [5.41, 5.74) is 4.04. The number of hydrogen-bond acceptors (Lipinski definition) is 4. The molecule has 0 saturated carbocycles. The van der Waals surface area contributed by atoms with Crippen LogP contribution in [0.3, 0.4) is 0 Å². The molecule has 0 aliphatic heterocycles. The van der Waals surface area contributed by atoms with Gasteiger partial charge in [0.2, 0.25) is 0 Å². The highest BCUT2D eigenvalue weighted by Crippen LogP contribution is 2.25. The maximum Gasteiger partial charge on any atom is 0.257 e. The monoisotopic (exact) mass is 591 g/mol. The maximum absolute atomic E-state index is 12.4. The van der Waals surface area contributed by atoms with E-state index in [0.717, 1.165) is 28.2 Å². The van der Waals surface area contributed by atoms with Crippen LogP contribution in [-0.4, -0.2) is 23.9 Å². The van der Waals surface area contributed by atoms with Gasteiger partial charge in [-0.25, -0.2) is 18.1 Å². The highest BCUT2D eigenvalue weighted by atomic mass is 35.5. The zero-order valence-corrected chi connectivity index (χ0v) is 24.0. The molecule has 0 fully saturated rings. The molecule has 3 aromatic carbocycles.